The third-order valence-electron chi connectivity index (χ3n) is 10.1. The number of aryl methyl sites for hydroxylation is 3. The van der Waals surface area contributed by atoms with Crippen LogP contribution >= 0.6 is 0 Å². The minimum absolute atomic E-state index is 0.178. The number of pyridine rings is 2. The predicted octanol–water partition coefficient (Wildman–Crippen LogP) is 11.3. The Labute approximate surface area is 314 Å². The topological polar surface area (TPSA) is 43.8 Å². The van der Waals surface area contributed by atoms with Crippen molar-refractivity contribution in [2.24, 2.45) is 32.5 Å². The maximum Gasteiger partial charge on any atom is 0.139 e. The molecule has 0 amide bonds. The molecule has 1 aliphatic heterocycles. The number of benzene rings is 1. The first kappa shape index (κ1) is 40.5. The molecule has 0 N–H and O–H groups in total. The van der Waals surface area contributed by atoms with Crippen LogP contribution in [0.5, 0.6) is 0 Å². The molecular formula is C46H66N6. The lowest BCUT2D eigenvalue weighted by molar-refractivity contribution is 0.264. The van der Waals surface area contributed by atoms with Gasteiger partial charge in [-0.2, -0.15) is 0 Å². The Morgan fingerprint density at radius 1 is 0.519 bits per heavy atom. The molecule has 0 saturated heterocycles. The smallest absolute Gasteiger partial charge is 0.139 e. The lowest BCUT2D eigenvalue weighted by Gasteiger charge is -2.26. The van der Waals surface area contributed by atoms with E-state index in [1.165, 1.54) is 44.9 Å². The van der Waals surface area contributed by atoms with E-state index in [2.05, 4.69) is 184 Å². The summed E-state index contributed by atoms with van der Waals surface area (Å²) in [6.45, 7) is 28.0. The minimum Gasteiger partial charge on any atom is -0.380 e. The second kappa shape index (κ2) is 15.3. The van der Waals surface area contributed by atoms with Crippen LogP contribution in [0.1, 0.15) is 99.8 Å². The normalized spacial score (nSPS) is 14.9. The fourth-order valence-electron chi connectivity index (χ4n) is 6.12. The molecule has 0 radical (unpaired) electrons. The van der Waals surface area contributed by atoms with E-state index in [1.54, 1.807) is 0 Å². The van der Waals surface area contributed by atoms with Crippen molar-refractivity contribution in [3.63, 3.8) is 0 Å². The molecule has 1 unspecified atom stereocenters. The van der Waals surface area contributed by atoms with Gasteiger partial charge in [-0.1, -0.05) is 95.2 Å². The Kier molecular flexibility index (Phi) is 11.9. The summed E-state index contributed by atoms with van der Waals surface area (Å²) in [5.74, 6) is 0.734. The van der Waals surface area contributed by atoms with Gasteiger partial charge in [0.05, 0.1) is 0 Å². The number of fused-ring (bicyclic) bond motifs is 3. The average Bonchev–Trinajstić information content (AvgIpc) is 3.84. The van der Waals surface area contributed by atoms with Crippen LogP contribution in [0.2, 0.25) is 0 Å². The van der Waals surface area contributed by atoms with E-state index in [-0.39, 0.29) is 16.2 Å². The first-order chi connectivity index (χ1) is 23.9. The minimum atomic E-state index is 0.178. The lowest BCUT2D eigenvalue weighted by Crippen LogP contribution is -2.24. The Morgan fingerprint density at radius 2 is 0.942 bits per heavy atom. The molecular weight excluding hydrogens is 637 g/mol. The average molecular weight is 703 g/mol. The fourth-order valence-corrected chi connectivity index (χ4v) is 6.12. The summed E-state index contributed by atoms with van der Waals surface area (Å²) in [6, 6.07) is 17.6. The molecule has 52 heavy (non-hydrogen) atoms. The Hall–Kier alpha value is -4.32. The molecule has 6 nitrogen and oxygen atoms in total. The van der Waals surface area contributed by atoms with Gasteiger partial charge < -0.3 is 18.6 Å². The highest BCUT2D eigenvalue weighted by Gasteiger charge is 2.25. The molecule has 0 fully saturated rings. The molecule has 1 aliphatic rings. The van der Waals surface area contributed by atoms with Gasteiger partial charge >= 0.3 is 0 Å². The fraction of sp³-hybridized carbons (Fsp3) is 0.478. The van der Waals surface area contributed by atoms with Gasteiger partial charge in [-0.05, 0) is 92.4 Å². The summed E-state index contributed by atoms with van der Waals surface area (Å²) < 4.78 is 6.24. The summed E-state index contributed by atoms with van der Waals surface area (Å²) >= 11 is 0. The lowest BCUT2D eigenvalue weighted by atomic mass is 9.82. The zero-order chi connectivity index (χ0) is 38.8. The maximum absolute atomic E-state index is 4.47. The standard InChI is InChI=1S/C13H17N.2C12H16N2.C9H17N/c1-13(2,3)11-5-6-12-10(9-11)7-8-14(12)4;2*1-12(2,3)10-7-9-5-6-14(4)11(9)13-8-10;1-9(2,3)8-5-6-10(4)7-8/h5-9H,1-4H3;2*5-8H,1-4H3;5-6,8H,7H2,1-4H3. The van der Waals surface area contributed by atoms with E-state index >= 15 is 0 Å². The Morgan fingerprint density at radius 3 is 1.33 bits per heavy atom. The van der Waals surface area contributed by atoms with Gasteiger partial charge in [-0.3, -0.25) is 0 Å². The number of rotatable bonds is 0. The van der Waals surface area contributed by atoms with Crippen LogP contribution in [0.4, 0.5) is 0 Å². The van der Waals surface area contributed by atoms with Crippen molar-refractivity contribution >= 4 is 33.0 Å². The van der Waals surface area contributed by atoms with Gasteiger partial charge in [0.15, 0.2) is 0 Å². The summed E-state index contributed by atoms with van der Waals surface area (Å²) in [4.78, 5) is 11.2. The zero-order valence-electron chi connectivity index (χ0n) is 35.1. The summed E-state index contributed by atoms with van der Waals surface area (Å²) in [5.41, 5.74) is 8.41. The van der Waals surface area contributed by atoms with E-state index < -0.39 is 0 Å². The number of aromatic nitrogens is 5. The van der Waals surface area contributed by atoms with Crippen LogP contribution in [-0.4, -0.2) is 42.2 Å². The van der Waals surface area contributed by atoms with E-state index in [1.807, 2.05) is 48.0 Å². The molecule has 5 aromatic heterocycles. The second-order valence-corrected chi connectivity index (χ2v) is 18.8. The molecule has 6 aromatic rings. The van der Waals surface area contributed by atoms with Crippen LogP contribution in [0.15, 0.2) is 91.8 Å². The van der Waals surface area contributed by atoms with Gasteiger partial charge in [-0.15, -0.1) is 0 Å². The van der Waals surface area contributed by atoms with Crippen molar-refractivity contribution < 1.29 is 0 Å². The van der Waals surface area contributed by atoms with E-state index in [0.29, 0.717) is 5.41 Å². The molecule has 1 atom stereocenters. The van der Waals surface area contributed by atoms with Crippen molar-refractivity contribution in [2.75, 3.05) is 13.6 Å². The van der Waals surface area contributed by atoms with Crippen molar-refractivity contribution in [3.05, 3.63) is 108 Å². The Balaban J connectivity index is 0.000000156. The molecule has 6 heterocycles. The maximum atomic E-state index is 4.47. The second-order valence-electron chi connectivity index (χ2n) is 18.8. The molecule has 280 valence electrons. The molecule has 6 heteroatoms. The third-order valence-corrected chi connectivity index (χ3v) is 10.1. The van der Waals surface area contributed by atoms with E-state index in [0.717, 1.165) is 17.2 Å². The first-order valence-electron chi connectivity index (χ1n) is 18.7. The summed E-state index contributed by atoms with van der Waals surface area (Å²) in [5, 5.41) is 3.78. The van der Waals surface area contributed by atoms with Crippen LogP contribution in [0.3, 0.4) is 0 Å². The van der Waals surface area contributed by atoms with Gasteiger partial charge in [-0.25, -0.2) is 9.97 Å². The quantitative estimate of drug-likeness (QED) is 0.158. The monoisotopic (exact) mass is 703 g/mol. The van der Waals surface area contributed by atoms with Gasteiger partial charge in [0.1, 0.15) is 11.3 Å². The van der Waals surface area contributed by atoms with Gasteiger partial charge in [0.2, 0.25) is 0 Å². The van der Waals surface area contributed by atoms with E-state index in [4.69, 9.17) is 0 Å². The van der Waals surface area contributed by atoms with E-state index in [9.17, 15) is 0 Å². The first-order valence-corrected chi connectivity index (χ1v) is 18.7. The van der Waals surface area contributed by atoms with Crippen molar-refractivity contribution in [2.45, 2.75) is 99.3 Å². The van der Waals surface area contributed by atoms with Gasteiger partial charge in [0.25, 0.3) is 0 Å². The van der Waals surface area contributed by atoms with Crippen molar-refractivity contribution in [3.8, 4) is 0 Å². The van der Waals surface area contributed by atoms with Gasteiger partial charge in [0, 0.05) is 87.9 Å². The molecule has 0 spiro atoms. The zero-order valence-corrected chi connectivity index (χ0v) is 35.1. The highest BCUT2D eigenvalue weighted by atomic mass is 15.1. The summed E-state index contributed by atoms with van der Waals surface area (Å²) in [7, 11) is 8.25. The van der Waals surface area contributed by atoms with Crippen molar-refractivity contribution in [1.29, 1.82) is 0 Å². The molecule has 0 bridgehead atoms. The summed E-state index contributed by atoms with van der Waals surface area (Å²) in [6.07, 6.45) is 14.6. The molecule has 0 aliphatic carbocycles. The highest BCUT2D eigenvalue weighted by molar-refractivity contribution is 5.81. The van der Waals surface area contributed by atoms with Crippen molar-refractivity contribution in [1.82, 2.24) is 28.6 Å². The molecule has 1 aromatic carbocycles. The van der Waals surface area contributed by atoms with Crippen LogP contribution in [-0.2, 0) is 37.4 Å². The number of hydrogen-bond acceptors (Lipinski definition) is 3. The largest absolute Gasteiger partial charge is 0.380 e. The number of hydrogen-bond donors (Lipinski definition) is 0. The third kappa shape index (κ3) is 10.2. The predicted molar refractivity (Wildman–Crippen MR) is 225 cm³/mol. The molecule has 0 saturated carbocycles. The van der Waals surface area contributed by atoms with Crippen LogP contribution in [0, 0.1) is 11.3 Å². The van der Waals surface area contributed by atoms with Crippen LogP contribution in [0.25, 0.3) is 33.0 Å². The molecule has 7 rings (SSSR count). The SMILES string of the molecule is CN1C=CC(C(C)(C)C)C1.Cn1ccc2cc(C(C)(C)C)ccc21.Cn1ccc2cc(C(C)(C)C)cnc21.Cn1ccc2cc(C(C)(C)C)cnc21. The van der Waals surface area contributed by atoms with Crippen LogP contribution < -0.4 is 0 Å². The Bertz CT molecular complexity index is 1890. The highest BCUT2D eigenvalue weighted by Crippen LogP contribution is 2.31. The number of nitrogens with zero attached hydrogens (tertiary/aromatic N) is 6.